The molecule has 0 spiro atoms. The first-order valence-corrected chi connectivity index (χ1v) is 10.5. The number of carbonyl (C=O) groups excluding carboxylic acids is 1. The van der Waals surface area contributed by atoms with Gasteiger partial charge in [-0.3, -0.25) is 4.79 Å². The fraction of sp³-hybridized carbons (Fsp3) is 0.346. The predicted molar refractivity (Wildman–Crippen MR) is 120 cm³/mol. The van der Waals surface area contributed by atoms with Gasteiger partial charge in [0.05, 0.1) is 12.5 Å². The lowest BCUT2D eigenvalue weighted by Crippen LogP contribution is -2.40. The van der Waals surface area contributed by atoms with Crippen LogP contribution in [0.1, 0.15) is 55.5 Å². The van der Waals surface area contributed by atoms with Crippen molar-refractivity contribution < 1.29 is 4.79 Å². The maximum atomic E-state index is 13.5. The highest BCUT2D eigenvalue weighted by atomic mass is 16.2. The summed E-state index contributed by atoms with van der Waals surface area (Å²) in [4.78, 5) is 15.5. The van der Waals surface area contributed by atoms with Crippen LogP contribution in [-0.2, 0) is 17.9 Å². The van der Waals surface area contributed by atoms with E-state index in [0.29, 0.717) is 6.54 Å². The van der Waals surface area contributed by atoms with Gasteiger partial charge in [-0.25, -0.2) is 0 Å². The molecule has 0 aliphatic rings. The zero-order valence-electron chi connectivity index (χ0n) is 18.0. The van der Waals surface area contributed by atoms with E-state index in [9.17, 15) is 4.79 Å². The van der Waals surface area contributed by atoms with Gasteiger partial charge in [0.25, 0.3) is 0 Å². The van der Waals surface area contributed by atoms with Crippen molar-refractivity contribution in [2.24, 2.45) is 0 Å². The Balaban J connectivity index is 1.81. The Labute approximate surface area is 175 Å². The standard InChI is InChI=1S/C26H32N2O/c1-5-25(23-13-7-6-8-14-23)26(29)28(20(2)3)19-24-15-10-16-27(24)18-22-12-9-11-21(4)17-22/h6-17,20,25H,5,18-19H2,1-4H3/t25-/m0/s1. The molecule has 0 aliphatic heterocycles. The van der Waals surface area contributed by atoms with E-state index in [1.165, 1.54) is 11.1 Å². The van der Waals surface area contributed by atoms with E-state index in [1.807, 2.05) is 23.1 Å². The van der Waals surface area contributed by atoms with Crippen molar-refractivity contribution in [3.63, 3.8) is 0 Å². The van der Waals surface area contributed by atoms with Crippen molar-refractivity contribution in [3.05, 3.63) is 95.3 Å². The van der Waals surface area contributed by atoms with Crippen molar-refractivity contribution >= 4 is 5.91 Å². The molecular formula is C26H32N2O. The lowest BCUT2D eigenvalue weighted by atomic mass is 9.94. The van der Waals surface area contributed by atoms with Gasteiger partial charge in [-0.1, -0.05) is 67.1 Å². The Hall–Kier alpha value is -2.81. The molecular weight excluding hydrogens is 356 g/mol. The average Bonchev–Trinajstić information content (AvgIpc) is 3.14. The van der Waals surface area contributed by atoms with Gasteiger partial charge in [-0.05, 0) is 50.5 Å². The molecule has 29 heavy (non-hydrogen) atoms. The summed E-state index contributed by atoms with van der Waals surface area (Å²) in [5.41, 5.74) is 4.81. The van der Waals surface area contributed by atoms with E-state index in [4.69, 9.17) is 0 Å². The number of aryl methyl sites for hydroxylation is 1. The summed E-state index contributed by atoms with van der Waals surface area (Å²) in [6.45, 7) is 9.85. The molecule has 0 N–H and O–H groups in total. The zero-order chi connectivity index (χ0) is 20.8. The number of hydrogen-bond acceptors (Lipinski definition) is 1. The van der Waals surface area contributed by atoms with Gasteiger partial charge in [-0.2, -0.15) is 0 Å². The Kier molecular flexibility index (Phi) is 6.92. The fourth-order valence-corrected chi connectivity index (χ4v) is 3.88. The molecule has 0 aliphatic carbocycles. The molecule has 0 saturated heterocycles. The smallest absolute Gasteiger partial charge is 0.230 e. The highest BCUT2D eigenvalue weighted by Gasteiger charge is 2.27. The molecule has 0 bridgehead atoms. The van der Waals surface area contributed by atoms with Crippen LogP contribution in [0.15, 0.2) is 72.9 Å². The summed E-state index contributed by atoms with van der Waals surface area (Å²) < 4.78 is 2.25. The first kappa shape index (κ1) is 20.9. The minimum Gasteiger partial charge on any atom is -0.345 e. The minimum absolute atomic E-state index is 0.0983. The highest BCUT2D eigenvalue weighted by Crippen LogP contribution is 2.24. The number of benzene rings is 2. The van der Waals surface area contributed by atoms with E-state index in [1.54, 1.807) is 0 Å². The van der Waals surface area contributed by atoms with Crippen LogP contribution in [0.2, 0.25) is 0 Å². The van der Waals surface area contributed by atoms with Crippen LogP contribution in [0, 0.1) is 6.92 Å². The molecule has 1 heterocycles. The number of carbonyl (C=O) groups is 1. The normalized spacial score (nSPS) is 12.2. The van der Waals surface area contributed by atoms with E-state index < -0.39 is 0 Å². The average molecular weight is 389 g/mol. The van der Waals surface area contributed by atoms with Crippen LogP contribution in [-0.4, -0.2) is 21.4 Å². The van der Waals surface area contributed by atoms with E-state index in [0.717, 1.165) is 24.2 Å². The molecule has 152 valence electrons. The zero-order valence-corrected chi connectivity index (χ0v) is 18.0. The number of nitrogens with zero attached hydrogens (tertiary/aromatic N) is 2. The molecule has 3 rings (SSSR count). The predicted octanol–water partition coefficient (Wildman–Crippen LogP) is 5.78. The third-order valence-electron chi connectivity index (χ3n) is 5.51. The van der Waals surface area contributed by atoms with E-state index in [2.05, 4.69) is 87.0 Å². The molecule has 1 amide bonds. The Morgan fingerprint density at radius 1 is 1.00 bits per heavy atom. The monoisotopic (exact) mass is 388 g/mol. The molecule has 1 atom stereocenters. The minimum atomic E-state index is -0.0983. The molecule has 3 nitrogen and oxygen atoms in total. The quantitative estimate of drug-likeness (QED) is 0.480. The van der Waals surface area contributed by atoms with Crippen LogP contribution in [0.25, 0.3) is 0 Å². The molecule has 0 saturated carbocycles. The van der Waals surface area contributed by atoms with Crippen molar-refractivity contribution in [2.75, 3.05) is 0 Å². The molecule has 0 unspecified atom stereocenters. The first-order valence-electron chi connectivity index (χ1n) is 10.5. The molecule has 3 heteroatoms. The highest BCUT2D eigenvalue weighted by molar-refractivity contribution is 5.84. The fourth-order valence-electron chi connectivity index (χ4n) is 3.88. The number of hydrogen-bond donors (Lipinski definition) is 0. The third-order valence-corrected chi connectivity index (χ3v) is 5.51. The van der Waals surface area contributed by atoms with E-state index in [-0.39, 0.29) is 17.9 Å². The molecule has 0 fully saturated rings. The summed E-state index contributed by atoms with van der Waals surface area (Å²) >= 11 is 0. The van der Waals surface area contributed by atoms with Crippen LogP contribution in [0.5, 0.6) is 0 Å². The summed E-state index contributed by atoms with van der Waals surface area (Å²) in [5.74, 6) is 0.107. The topological polar surface area (TPSA) is 25.2 Å². The van der Waals surface area contributed by atoms with E-state index >= 15 is 0 Å². The van der Waals surface area contributed by atoms with Crippen molar-refractivity contribution in [2.45, 2.75) is 59.2 Å². The van der Waals surface area contributed by atoms with Crippen LogP contribution in [0.4, 0.5) is 0 Å². The molecule has 3 aromatic rings. The maximum Gasteiger partial charge on any atom is 0.230 e. The van der Waals surface area contributed by atoms with Gasteiger partial charge in [0.15, 0.2) is 0 Å². The van der Waals surface area contributed by atoms with Gasteiger partial charge in [0.2, 0.25) is 5.91 Å². The lowest BCUT2D eigenvalue weighted by molar-refractivity contribution is -0.135. The first-order chi connectivity index (χ1) is 14.0. The summed E-state index contributed by atoms with van der Waals surface area (Å²) in [6, 6.07) is 23.1. The van der Waals surface area contributed by atoms with Gasteiger partial charge < -0.3 is 9.47 Å². The van der Waals surface area contributed by atoms with Crippen LogP contribution in [0.3, 0.4) is 0 Å². The van der Waals surface area contributed by atoms with Gasteiger partial charge >= 0.3 is 0 Å². The number of rotatable bonds is 8. The molecule has 1 aromatic heterocycles. The number of aromatic nitrogens is 1. The summed E-state index contributed by atoms with van der Waals surface area (Å²) in [5, 5.41) is 0. The summed E-state index contributed by atoms with van der Waals surface area (Å²) in [7, 11) is 0. The second-order valence-corrected chi connectivity index (χ2v) is 8.05. The summed E-state index contributed by atoms with van der Waals surface area (Å²) in [6.07, 6.45) is 2.91. The van der Waals surface area contributed by atoms with Crippen LogP contribution >= 0.6 is 0 Å². The SMILES string of the molecule is CC[C@H](C(=O)N(Cc1cccn1Cc1cccc(C)c1)C(C)C)c1ccccc1. The lowest BCUT2D eigenvalue weighted by Gasteiger charge is -2.31. The van der Waals surface area contributed by atoms with Gasteiger partial charge in [0.1, 0.15) is 0 Å². The maximum absolute atomic E-state index is 13.5. The Morgan fingerprint density at radius 3 is 2.41 bits per heavy atom. The van der Waals surface area contributed by atoms with Crippen molar-refractivity contribution in [3.8, 4) is 0 Å². The third kappa shape index (κ3) is 5.17. The largest absolute Gasteiger partial charge is 0.345 e. The molecule has 0 radical (unpaired) electrons. The Bertz CT molecular complexity index is 927. The second-order valence-electron chi connectivity index (χ2n) is 8.05. The number of amides is 1. The molecule has 2 aromatic carbocycles. The Morgan fingerprint density at radius 2 is 1.76 bits per heavy atom. The van der Waals surface area contributed by atoms with Gasteiger partial charge in [0, 0.05) is 24.5 Å². The second kappa shape index (κ2) is 9.60. The van der Waals surface area contributed by atoms with Gasteiger partial charge in [-0.15, -0.1) is 0 Å². The van der Waals surface area contributed by atoms with Crippen LogP contribution < -0.4 is 0 Å². The van der Waals surface area contributed by atoms with Crippen molar-refractivity contribution in [1.82, 2.24) is 9.47 Å². The van der Waals surface area contributed by atoms with Crippen molar-refractivity contribution in [1.29, 1.82) is 0 Å².